The average Bonchev–Trinajstić information content (AvgIpc) is 3.00. The lowest BCUT2D eigenvalue weighted by Gasteiger charge is -2.34. The SMILES string of the molecule is CCc1cnc(N2CCC(CCCn3c(=O)cc(N4CCCC(N)C4)n(Cc4cccc(C#N)c4)c3=O)CC2)nc1. The van der Waals surface area contributed by atoms with Crippen LogP contribution in [-0.2, 0) is 19.5 Å². The Bertz CT molecular complexity index is 1480. The molecule has 0 bridgehead atoms. The minimum Gasteiger partial charge on any atom is -0.356 e. The van der Waals surface area contributed by atoms with Crippen molar-refractivity contribution in [1.82, 2.24) is 19.1 Å². The van der Waals surface area contributed by atoms with Crippen LogP contribution in [0, 0.1) is 17.2 Å². The van der Waals surface area contributed by atoms with Crippen molar-refractivity contribution >= 4 is 11.8 Å². The summed E-state index contributed by atoms with van der Waals surface area (Å²) >= 11 is 0. The van der Waals surface area contributed by atoms with E-state index in [4.69, 9.17) is 5.73 Å². The second-order valence-electron chi connectivity index (χ2n) is 11.3. The Labute approximate surface area is 241 Å². The van der Waals surface area contributed by atoms with E-state index in [-0.39, 0.29) is 23.8 Å². The lowest BCUT2D eigenvalue weighted by atomic mass is 9.92. The monoisotopic (exact) mass is 556 g/mol. The first-order valence-electron chi connectivity index (χ1n) is 14.8. The molecule has 10 heteroatoms. The number of piperidine rings is 2. The molecule has 2 fully saturated rings. The minimum atomic E-state index is -0.309. The lowest BCUT2D eigenvalue weighted by Crippen LogP contribution is -2.48. The van der Waals surface area contributed by atoms with Crippen LogP contribution in [-0.4, -0.2) is 51.3 Å². The lowest BCUT2D eigenvalue weighted by molar-refractivity contribution is 0.358. The summed E-state index contributed by atoms with van der Waals surface area (Å²) in [6.45, 7) is 5.96. The Morgan fingerprint density at radius 3 is 2.49 bits per heavy atom. The van der Waals surface area contributed by atoms with E-state index in [1.165, 1.54) is 4.57 Å². The van der Waals surface area contributed by atoms with E-state index in [9.17, 15) is 14.9 Å². The maximum Gasteiger partial charge on any atom is 0.332 e. The molecule has 2 saturated heterocycles. The molecule has 3 aromatic rings. The number of hydrogen-bond acceptors (Lipinski definition) is 8. The summed E-state index contributed by atoms with van der Waals surface area (Å²) in [6, 6.07) is 11.0. The van der Waals surface area contributed by atoms with Crippen molar-refractivity contribution in [1.29, 1.82) is 5.26 Å². The van der Waals surface area contributed by atoms with Gasteiger partial charge in [0.25, 0.3) is 5.56 Å². The van der Waals surface area contributed by atoms with Crippen molar-refractivity contribution in [3.05, 3.63) is 80.3 Å². The van der Waals surface area contributed by atoms with Crippen LogP contribution in [0.5, 0.6) is 0 Å². The van der Waals surface area contributed by atoms with Gasteiger partial charge in [-0.15, -0.1) is 0 Å². The highest BCUT2D eigenvalue weighted by Gasteiger charge is 2.24. The van der Waals surface area contributed by atoms with E-state index in [2.05, 4.69) is 32.8 Å². The number of anilines is 2. The highest BCUT2D eigenvalue weighted by atomic mass is 16.2. The summed E-state index contributed by atoms with van der Waals surface area (Å²) in [6.07, 6.45) is 10.4. The maximum atomic E-state index is 13.8. The first-order valence-corrected chi connectivity index (χ1v) is 14.8. The summed E-state index contributed by atoms with van der Waals surface area (Å²) in [5.74, 6) is 1.94. The molecule has 0 amide bonds. The molecule has 5 rings (SSSR count). The normalized spacial score (nSPS) is 17.9. The van der Waals surface area contributed by atoms with Gasteiger partial charge in [0.15, 0.2) is 0 Å². The van der Waals surface area contributed by atoms with Gasteiger partial charge < -0.3 is 15.5 Å². The smallest absolute Gasteiger partial charge is 0.332 e. The molecule has 1 unspecified atom stereocenters. The second kappa shape index (κ2) is 13.1. The standard InChI is InChI=1S/C31H40N8O2/c1-2-23-19-34-30(35-20-23)36-14-10-24(11-15-36)8-4-13-38-29(40)17-28(37-12-5-9-27(33)22-37)39(31(38)41)21-26-7-3-6-25(16-26)18-32/h3,6-7,16-17,19-20,24,27H,2,4-5,8-15,21-22,33H2,1H3. The quantitative estimate of drug-likeness (QED) is 0.426. The number of aryl methyl sites for hydroxylation is 1. The van der Waals surface area contributed by atoms with Gasteiger partial charge in [-0.1, -0.05) is 19.1 Å². The van der Waals surface area contributed by atoms with Gasteiger partial charge in [0.2, 0.25) is 5.95 Å². The first kappa shape index (κ1) is 28.6. The van der Waals surface area contributed by atoms with E-state index >= 15 is 0 Å². The summed E-state index contributed by atoms with van der Waals surface area (Å²) in [5, 5.41) is 9.35. The molecule has 2 aliphatic rings. The molecule has 0 saturated carbocycles. The molecular weight excluding hydrogens is 516 g/mol. The van der Waals surface area contributed by atoms with E-state index in [0.717, 1.165) is 81.7 Å². The highest BCUT2D eigenvalue weighted by molar-refractivity contribution is 5.41. The first-order chi connectivity index (χ1) is 19.9. The topological polar surface area (TPSA) is 126 Å². The molecule has 2 aromatic heterocycles. The number of nitriles is 1. The van der Waals surface area contributed by atoms with Gasteiger partial charge in [-0.3, -0.25) is 13.9 Å². The van der Waals surface area contributed by atoms with Crippen LogP contribution in [0.2, 0.25) is 0 Å². The fourth-order valence-corrected chi connectivity index (χ4v) is 6.01. The van der Waals surface area contributed by atoms with Gasteiger partial charge in [-0.2, -0.15) is 5.26 Å². The van der Waals surface area contributed by atoms with E-state index in [1.807, 2.05) is 24.5 Å². The van der Waals surface area contributed by atoms with Crippen LogP contribution in [0.25, 0.3) is 0 Å². The summed E-state index contributed by atoms with van der Waals surface area (Å²) < 4.78 is 3.05. The van der Waals surface area contributed by atoms with Crippen molar-refractivity contribution in [2.24, 2.45) is 11.7 Å². The van der Waals surface area contributed by atoms with E-state index in [0.29, 0.717) is 30.4 Å². The molecule has 0 aliphatic carbocycles. The van der Waals surface area contributed by atoms with Gasteiger partial charge in [0.1, 0.15) is 5.82 Å². The Morgan fingerprint density at radius 1 is 1.00 bits per heavy atom. The van der Waals surface area contributed by atoms with Gasteiger partial charge in [0, 0.05) is 57.2 Å². The second-order valence-corrected chi connectivity index (χ2v) is 11.3. The molecule has 2 N–H and O–H groups in total. The van der Waals surface area contributed by atoms with Crippen molar-refractivity contribution in [2.45, 2.75) is 71.0 Å². The Morgan fingerprint density at radius 2 is 1.78 bits per heavy atom. The molecule has 41 heavy (non-hydrogen) atoms. The highest BCUT2D eigenvalue weighted by Crippen LogP contribution is 2.24. The summed E-state index contributed by atoms with van der Waals surface area (Å²) in [4.78, 5) is 40.4. The number of rotatable bonds is 9. The maximum absolute atomic E-state index is 13.8. The third-order valence-electron chi connectivity index (χ3n) is 8.43. The van der Waals surface area contributed by atoms with Crippen LogP contribution in [0.15, 0.2) is 52.3 Å². The predicted molar refractivity (Wildman–Crippen MR) is 160 cm³/mol. The van der Waals surface area contributed by atoms with Crippen LogP contribution >= 0.6 is 0 Å². The van der Waals surface area contributed by atoms with Gasteiger partial charge in [0.05, 0.1) is 18.2 Å². The third-order valence-corrected chi connectivity index (χ3v) is 8.43. The van der Waals surface area contributed by atoms with Crippen LogP contribution < -0.4 is 26.8 Å². The predicted octanol–water partition coefficient (Wildman–Crippen LogP) is 2.91. The zero-order valence-corrected chi connectivity index (χ0v) is 23.9. The Hall–Kier alpha value is -3.97. The van der Waals surface area contributed by atoms with Crippen molar-refractivity contribution in [3.8, 4) is 6.07 Å². The fraction of sp³-hybridized carbons (Fsp3) is 0.516. The van der Waals surface area contributed by atoms with Crippen LogP contribution in [0.3, 0.4) is 0 Å². The Kier molecular flexibility index (Phi) is 9.14. The fourth-order valence-electron chi connectivity index (χ4n) is 6.01. The molecule has 1 aromatic carbocycles. The van der Waals surface area contributed by atoms with Gasteiger partial charge in [-0.05, 0) is 74.1 Å². The molecule has 216 valence electrons. The third kappa shape index (κ3) is 6.85. The number of aromatic nitrogens is 4. The van der Waals surface area contributed by atoms with Crippen molar-refractivity contribution in [3.63, 3.8) is 0 Å². The van der Waals surface area contributed by atoms with E-state index in [1.54, 1.807) is 22.8 Å². The number of nitrogens with two attached hydrogens (primary N) is 1. The van der Waals surface area contributed by atoms with Crippen molar-refractivity contribution < 1.29 is 0 Å². The number of nitrogens with zero attached hydrogens (tertiary/aromatic N) is 7. The molecule has 4 heterocycles. The largest absolute Gasteiger partial charge is 0.356 e. The van der Waals surface area contributed by atoms with Gasteiger partial charge in [-0.25, -0.2) is 14.8 Å². The minimum absolute atomic E-state index is 0.00494. The summed E-state index contributed by atoms with van der Waals surface area (Å²) in [7, 11) is 0. The zero-order chi connectivity index (χ0) is 28.8. The molecule has 1 atom stereocenters. The van der Waals surface area contributed by atoms with Crippen molar-refractivity contribution in [2.75, 3.05) is 36.0 Å². The van der Waals surface area contributed by atoms with Crippen LogP contribution in [0.4, 0.5) is 11.8 Å². The van der Waals surface area contributed by atoms with E-state index < -0.39 is 0 Å². The van der Waals surface area contributed by atoms with Gasteiger partial charge >= 0.3 is 5.69 Å². The Balaban J connectivity index is 1.28. The van der Waals surface area contributed by atoms with Crippen LogP contribution in [0.1, 0.15) is 62.1 Å². The summed E-state index contributed by atoms with van der Waals surface area (Å²) in [5.41, 5.74) is 8.19. The zero-order valence-electron chi connectivity index (χ0n) is 23.9. The molecular formula is C31H40N8O2. The number of hydrogen-bond donors (Lipinski definition) is 1. The molecule has 10 nitrogen and oxygen atoms in total. The number of benzene rings is 1. The molecule has 0 spiro atoms. The molecule has 2 aliphatic heterocycles. The molecule has 0 radical (unpaired) electrons. The average molecular weight is 557 g/mol.